The zero-order valence-electron chi connectivity index (χ0n) is 10.7. The largest absolute Gasteiger partial charge is 0.467 e. The van der Waals surface area contributed by atoms with Gasteiger partial charge in [0.1, 0.15) is 17.7 Å². The summed E-state index contributed by atoms with van der Waals surface area (Å²) in [4.78, 5) is 11.8. The summed E-state index contributed by atoms with van der Waals surface area (Å²) < 4.78 is 6.78. The molecule has 0 radical (unpaired) electrons. The monoisotopic (exact) mass is 257 g/mol. The van der Waals surface area contributed by atoms with E-state index >= 15 is 0 Å². The predicted molar refractivity (Wildman–Crippen MR) is 68.6 cm³/mol. The Morgan fingerprint density at radius 1 is 1.37 bits per heavy atom. The number of fused-ring (bicyclic) bond motifs is 1. The van der Waals surface area contributed by atoms with Gasteiger partial charge in [-0.3, -0.25) is 0 Å². The van der Waals surface area contributed by atoms with Crippen molar-refractivity contribution < 1.29 is 9.53 Å². The van der Waals surface area contributed by atoms with Gasteiger partial charge in [0.15, 0.2) is 0 Å². The van der Waals surface area contributed by atoms with E-state index in [-0.39, 0.29) is 12.0 Å². The third-order valence-corrected chi connectivity index (χ3v) is 3.47. The molecular formula is C14H15N3O2. The Kier molecular flexibility index (Phi) is 3.03. The molecular weight excluding hydrogens is 242 g/mol. The summed E-state index contributed by atoms with van der Waals surface area (Å²) in [5, 5.41) is 8.37. The lowest BCUT2D eigenvalue weighted by Gasteiger charge is -2.12. The fourth-order valence-electron chi connectivity index (χ4n) is 2.54. The van der Waals surface area contributed by atoms with Crippen molar-refractivity contribution in [1.82, 2.24) is 14.8 Å². The second-order valence-electron chi connectivity index (χ2n) is 4.64. The van der Waals surface area contributed by atoms with Crippen LogP contribution in [0.5, 0.6) is 0 Å². The van der Waals surface area contributed by atoms with E-state index in [9.17, 15) is 4.79 Å². The molecule has 5 heteroatoms. The highest BCUT2D eigenvalue weighted by Gasteiger charge is 2.32. The number of carbonyl (C=O) groups is 1. The quantitative estimate of drug-likeness (QED) is 0.782. The number of ether oxygens (including phenoxy) is 1. The molecule has 19 heavy (non-hydrogen) atoms. The van der Waals surface area contributed by atoms with Crippen molar-refractivity contribution in [3.63, 3.8) is 0 Å². The molecule has 1 aliphatic rings. The van der Waals surface area contributed by atoms with Crippen molar-refractivity contribution in [2.75, 3.05) is 7.11 Å². The molecule has 0 amide bonds. The van der Waals surface area contributed by atoms with Crippen molar-refractivity contribution >= 4 is 5.97 Å². The zero-order chi connectivity index (χ0) is 13.2. The Balaban J connectivity index is 1.91. The Morgan fingerprint density at radius 3 is 2.89 bits per heavy atom. The Labute approximate surface area is 111 Å². The summed E-state index contributed by atoms with van der Waals surface area (Å²) in [5.41, 5.74) is 1.16. The summed E-state index contributed by atoms with van der Waals surface area (Å²) in [7, 11) is 1.42. The second kappa shape index (κ2) is 4.84. The lowest BCUT2D eigenvalue weighted by Crippen LogP contribution is -2.19. The van der Waals surface area contributed by atoms with Crippen LogP contribution >= 0.6 is 0 Å². The molecule has 2 aromatic rings. The number of esters is 1. The molecule has 0 N–H and O–H groups in total. The summed E-state index contributed by atoms with van der Waals surface area (Å²) in [6.45, 7) is 0. The maximum absolute atomic E-state index is 11.8. The molecule has 1 atom stereocenters. The van der Waals surface area contributed by atoms with Crippen molar-refractivity contribution in [3.8, 4) is 0 Å². The fraction of sp³-hybridized carbons (Fsp3) is 0.357. The highest BCUT2D eigenvalue weighted by molar-refractivity contribution is 5.74. The molecule has 0 saturated carbocycles. The van der Waals surface area contributed by atoms with Gasteiger partial charge in [-0.05, 0) is 12.0 Å². The van der Waals surface area contributed by atoms with E-state index in [1.165, 1.54) is 7.11 Å². The lowest BCUT2D eigenvalue weighted by molar-refractivity contribution is -0.144. The zero-order valence-corrected chi connectivity index (χ0v) is 10.7. The Bertz CT molecular complexity index is 592. The van der Waals surface area contributed by atoms with Crippen molar-refractivity contribution in [2.45, 2.75) is 25.3 Å². The molecule has 1 aliphatic heterocycles. The van der Waals surface area contributed by atoms with Crippen LogP contribution in [0.3, 0.4) is 0 Å². The van der Waals surface area contributed by atoms with Crippen LogP contribution < -0.4 is 0 Å². The number of aromatic nitrogens is 3. The van der Waals surface area contributed by atoms with Crippen LogP contribution in [0.25, 0.3) is 0 Å². The van der Waals surface area contributed by atoms with Crippen molar-refractivity contribution in [2.24, 2.45) is 0 Å². The normalized spacial score (nSPS) is 17.2. The number of nitrogens with zero attached hydrogens (tertiary/aromatic N) is 3. The standard InChI is InChI=1S/C14H15N3O2/c1-19-14(18)11-7-8-12-15-16-13(17(11)12)9-10-5-3-2-4-6-10/h2-6,11H,7-9H2,1H3. The van der Waals surface area contributed by atoms with Crippen LogP contribution in [0.2, 0.25) is 0 Å². The number of hydrogen-bond acceptors (Lipinski definition) is 4. The Hall–Kier alpha value is -2.17. The van der Waals surface area contributed by atoms with Gasteiger partial charge in [-0.1, -0.05) is 30.3 Å². The number of methoxy groups -OCH3 is 1. The summed E-state index contributed by atoms with van der Waals surface area (Å²) in [6, 6.07) is 9.79. The van der Waals surface area contributed by atoms with E-state index in [0.717, 1.165) is 30.1 Å². The average molecular weight is 257 g/mol. The fourth-order valence-corrected chi connectivity index (χ4v) is 2.54. The van der Waals surface area contributed by atoms with E-state index in [2.05, 4.69) is 10.2 Å². The van der Waals surface area contributed by atoms with Crippen LogP contribution in [-0.2, 0) is 22.4 Å². The number of carbonyl (C=O) groups excluding carboxylic acids is 1. The molecule has 2 heterocycles. The van der Waals surface area contributed by atoms with Crippen LogP contribution in [0.1, 0.15) is 29.7 Å². The molecule has 0 fully saturated rings. The number of hydrogen-bond donors (Lipinski definition) is 0. The van der Waals surface area contributed by atoms with Crippen molar-refractivity contribution in [3.05, 3.63) is 47.5 Å². The third kappa shape index (κ3) is 2.12. The number of rotatable bonds is 3. The van der Waals surface area contributed by atoms with Crippen LogP contribution in [-0.4, -0.2) is 27.8 Å². The van der Waals surface area contributed by atoms with Gasteiger partial charge in [0.2, 0.25) is 0 Å². The van der Waals surface area contributed by atoms with Gasteiger partial charge in [0.25, 0.3) is 0 Å². The molecule has 98 valence electrons. The van der Waals surface area contributed by atoms with Gasteiger partial charge in [-0.2, -0.15) is 0 Å². The maximum atomic E-state index is 11.8. The first-order valence-corrected chi connectivity index (χ1v) is 6.34. The minimum Gasteiger partial charge on any atom is -0.467 e. The SMILES string of the molecule is COC(=O)C1CCc2nnc(Cc3ccccc3)n21. The molecule has 0 aliphatic carbocycles. The first-order valence-electron chi connectivity index (χ1n) is 6.34. The van der Waals surface area contributed by atoms with Gasteiger partial charge >= 0.3 is 5.97 Å². The van der Waals surface area contributed by atoms with E-state index < -0.39 is 0 Å². The molecule has 0 spiro atoms. The average Bonchev–Trinajstić information content (AvgIpc) is 3.02. The van der Waals surface area contributed by atoms with Gasteiger partial charge < -0.3 is 9.30 Å². The van der Waals surface area contributed by atoms with E-state index in [4.69, 9.17) is 4.74 Å². The summed E-state index contributed by atoms with van der Waals surface area (Å²) >= 11 is 0. The molecule has 1 unspecified atom stereocenters. The van der Waals surface area contributed by atoms with Crippen LogP contribution in [0.4, 0.5) is 0 Å². The van der Waals surface area contributed by atoms with Gasteiger partial charge in [-0.15, -0.1) is 10.2 Å². The number of aryl methyl sites for hydroxylation is 1. The minimum absolute atomic E-state index is 0.215. The smallest absolute Gasteiger partial charge is 0.328 e. The minimum atomic E-state index is -0.270. The second-order valence-corrected chi connectivity index (χ2v) is 4.64. The molecule has 5 nitrogen and oxygen atoms in total. The van der Waals surface area contributed by atoms with Crippen molar-refractivity contribution in [1.29, 1.82) is 0 Å². The number of benzene rings is 1. The summed E-state index contributed by atoms with van der Waals surface area (Å²) in [6.07, 6.45) is 2.21. The van der Waals surface area contributed by atoms with Gasteiger partial charge in [0, 0.05) is 12.8 Å². The highest BCUT2D eigenvalue weighted by Crippen LogP contribution is 2.27. The van der Waals surface area contributed by atoms with E-state index in [0.29, 0.717) is 6.42 Å². The first kappa shape index (κ1) is 11.9. The van der Waals surface area contributed by atoms with Gasteiger partial charge in [-0.25, -0.2) is 4.79 Å². The van der Waals surface area contributed by atoms with E-state index in [1.54, 1.807) is 0 Å². The van der Waals surface area contributed by atoms with Crippen LogP contribution in [0, 0.1) is 0 Å². The topological polar surface area (TPSA) is 57.0 Å². The highest BCUT2D eigenvalue weighted by atomic mass is 16.5. The van der Waals surface area contributed by atoms with E-state index in [1.807, 2.05) is 34.9 Å². The molecule has 3 rings (SSSR count). The molecule has 0 bridgehead atoms. The van der Waals surface area contributed by atoms with Crippen LogP contribution in [0.15, 0.2) is 30.3 Å². The molecule has 1 aromatic heterocycles. The predicted octanol–water partition coefficient (Wildman–Crippen LogP) is 1.53. The Morgan fingerprint density at radius 2 is 2.16 bits per heavy atom. The lowest BCUT2D eigenvalue weighted by atomic mass is 10.1. The summed E-state index contributed by atoms with van der Waals surface area (Å²) in [5.74, 6) is 1.49. The molecule has 0 saturated heterocycles. The molecule has 1 aromatic carbocycles. The third-order valence-electron chi connectivity index (χ3n) is 3.47. The maximum Gasteiger partial charge on any atom is 0.328 e. The van der Waals surface area contributed by atoms with Gasteiger partial charge in [0.05, 0.1) is 7.11 Å². The first-order chi connectivity index (χ1) is 9.29.